The Morgan fingerprint density at radius 1 is 1.14 bits per heavy atom. The molecule has 0 spiro atoms. The molecule has 0 unspecified atom stereocenters. The molecular formula is C17H16N4O. The van der Waals surface area contributed by atoms with Crippen molar-refractivity contribution in [2.45, 2.75) is 13.0 Å². The van der Waals surface area contributed by atoms with Crippen LogP contribution in [-0.4, -0.2) is 21.8 Å². The summed E-state index contributed by atoms with van der Waals surface area (Å²) >= 11 is 0. The Labute approximate surface area is 128 Å². The lowest BCUT2D eigenvalue weighted by molar-refractivity contribution is -0.115. The number of imidazole rings is 1. The van der Waals surface area contributed by atoms with E-state index in [1.54, 1.807) is 0 Å². The summed E-state index contributed by atoms with van der Waals surface area (Å²) in [7, 11) is 0. The molecule has 5 nitrogen and oxygen atoms in total. The Hall–Kier alpha value is -2.82. The van der Waals surface area contributed by atoms with E-state index in [4.69, 9.17) is 0 Å². The molecule has 22 heavy (non-hydrogen) atoms. The lowest BCUT2D eigenvalue weighted by atomic mass is 10.2. The molecule has 1 aromatic carbocycles. The first kappa shape index (κ1) is 12.9. The van der Waals surface area contributed by atoms with Crippen molar-refractivity contribution in [1.82, 2.24) is 9.38 Å². The minimum atomic E-state index is 0.0630. The molecule has 110 valence electrons. The van der Waals surface area contributed by atoms with Gasteiger partial charge in [-0.3, -0.25) is 4.79 Å². The van der Waals surface area contributed by atoms with Crippen LogP contribution in [0.1, 0.15) is 12.1 Å². The number of amides is 1. The van der Waals surface area contributed by atoms with Crippen LogP contribution in [0, 0.1) is 0 Å². The zero-order valence-electron chi connectivity index (χ0n) is 12.1. The van der Waals surface area contributed by atoms with E-state index < -0.39 is 0 Å². The van der Waals surface area contributed by atoms with E-state index in [0.29, 0.717) is 13.0 Å². The Morgan fingerprint density at radius 3 is 2.95 bits per heavy atom. The molecule has 0 atom stereocenters. The first-order valence-corrected chi connectivity index (χ1v) is 7.36. The molecule has 1 N–H and O–H groups in total. The molecule has 1 aliphatic heterocycles. The van der Waals surface area contributed by atoms with E-state index in [9.17, 15) is 4.79 Å². The lowest BCUT2D eigenvalue weighted by Crippen LogP contribution is -2.24. The number of nitrogens with zero attached hydrogens (tertiary/aromatic N) is 3. The highest BCUT2D eigenvalue weighted by Gasteiger charge is 2.19. The summed E-state index contributed by atoms with van der Waals surface area (Å²) in [4.78, 5) is 18.5. The van der Waals surface area contributed by atoms with Crippen molar-refractivity contribution in [3.8, 4) is 0 Å². The third kappa shape index (κ3) is 2.20. The first-order valence-electron chi connectivity index (χ1n) is 7.36. The second-order valence-electron chi connectivity index (χ2n) is 5.42. The third-order valence-corrected chi connectivity index (χ3v) is 3.97. The number of nitrogens with one attached hydrogen (secondary N) is 1. The van der Waals surface area contributed by atoms with E-state index >= 15 is 0 Å². The van der Waals surface area contributed by atoms with Gasteiger partial charge in [-0.1, -0.05) is 18.2 Å². The van der Waals surface area contributed by atoms with Crippen LogP contribution in [0.25, 0.3) is 5.65 Å². The topological polar surface area (TPSA) is 49.6 Å². The first-order chi connectivity index (χ1) is 10.8. The number of anilines is 2. The number of carbonyl (C=O) groups excluding carboxylic acids is 1. The van der Waals surface area contributed by atoms with Gasteiger partial charge < -0.3 is 14.6 Å². The molecule has 0 fully saturated rings. The number of pyridine rings is 1. The molecule has 1 amide bonds. The summed E-state index contributed by atoms with van der Waals surface area (Å²) < 4.78 is 2.09. The molecule has 0 saturated heterocycles. The predicted octanol–water partition coefficient (Wildman–Crippen LogP) is 2.68. The van der Waals surface area contributed by atoms with Crippen LogP contribution in [0.2, 0.25) is 0 Å². The zero-order chi connectivity index (χ0) is 14.9. The molecule has 0 bridgehead atoms. The fourth-order valence-electron chi connectivity index (χ4n) is 2.89. The van der Waals surface area contributed by atoms with Gasteiger partial charge in [0.1, 0.15) is 5.65 Å². The van der Waals surface area contributed by atoms with Crippen LogP contribution in [0.4, 0.5) is 11.4 Å². The highest BCUT2D eigenvalue weighted by atomic mass is 16.1. The second-order valence-corrected chi connectivity index (χ2v) is 5.42. The van der Waals surface area contributed by atoms with Crippen LogP contribution in [0.15, 0.2) is 54.9 Å². The molecule has 0 saturated carbocycles. The van der Waals surface area contributed by atoms with Crippen molar-refractivity contribution >= 4 is 22.9 Å². The molecule has 4 rings (SSSR count). The number of carbonyl (C=O) groups is 1. The molecule has 0 radical (unpaired) electrons. The van der Waals surface area contributed by atoms with Crippen LogP contribution in [0.5, 0.6) is 0 Å². The number of rotatable bonds is 2. The van der Waals surface area contributed by atoms with Gasteiger partial charge in [0.15, 0.2) is 0 Å². The summed E-state index contributed by atoms with van der Waals surface area (Å²) in [5, 5.41) is 2.97. The maximum Gasteiger partial charge on any atom is 0.226 e. The number of hydrogen-bond donors (Lipinski definition) is 1. The maximum absolute atomic E-state index is 11.9. The van der Waals surface area contributed by atoms with Crippen molar-refractivity contribution in [2.24, 2.45) is 0 Å². The maximum atomic E-state index is 11.9. The predicted molar refractivity (Wildman–Crippen MR) is 85.9 cm³/mol. The smallest absolute Gasteiger partial charge is 0.226 e. The van der Waals surface area contributed by atoms with Gasteiger partial charge >= 0.3 is 0 Å². The minimum Gasteiger partial charge on any atom is -0.363 e. The largest absolute Gasteiger partial charge is 0.363 e. The van der Waals surface area contributed by atoms with Crippen molar-refractivity contribution in [1.29, 1.82) is 0 Å². The molecule has 0 aliphatic carbocycles. The van der Waals surface area contributed by atoms with Crippen LogP contribution < -0.4 is 10.2 Å². The quantitative estimate of drug-likeness (QED) is 0.790. The van der Waals surface area contributed by atoms with E-state index in [0.717, 1.165) is 29.3 Å². The highest BCUT2D eigenvalue weighted by Crippen LogP contribution is 2.29. The van der Waals surface area contributed by atoms with Crippen molar-refractivity contribution < 1.29 is 4.79 Å². The van der Waals surface area contributed by atoms with E-state index in [2.05, 4.69) is 19.6 Å². The molecule has 5 heteroatoms. The van der Waals surface area contributed by atoms with Gasteiger partial charge in [-0.25, -0.2) is 4.98 Å². The van der Waals surface area contributed by atoms with E-state index in [1.807, 2.05) is 54.9 Å². The Kier molecular flexibility index (Phi) is 3.04. The summed E-state index contributed by atoms with van der Waals surface area (Å²) in [6, 6.07) is 13.9. The Balaban J connectivity index is 1.72. The summed E-state index contributed by atoms with van der Waals surface area (Å²) in [6.07, 6.45) is 4.41. The summed E-state index contributed by atoms with van der Waals surface area (Å²) in [6.45, 7) is 1.42. The van der Waals surface area contributed by atoms with E-state index in [1.165, 1.54) is 0 Å². The number of fused-ring (bicyclic) bond motifs is 2. The molecule has 3 aromatic rings. The van der Waals surface area contributed by atoms with Crippen LogP contribution >= 0.6 is 0 Å². The fourth-order valence-corrected chi connectivity index (χ4v) is 2.89. The van der Waals surface area contributed by atoms with Crippen molar-refractivity contribution in [3.63, 3.8) is 0 Å². The molecule has 2 aromatic heterocycles. The Morgan fingerprint density at radius 2 is 2.00 bits per heavy atom. The SMILES string of the molecule is O=C1CCN(Cc2cnc3ccccn23)c2ccccc2N1. The van der Waals surface area contributed by atoms with Gasteiger partial charge in [0, 0.05) is 19.2 Å². The van der Waals surface area contributed by atoms with Gasteiger partial charge in [0.05, 0.1) is 29.8 Å². The highest BCUT2D eigenvalue weighted by molar-refractivity contribution is 5.96. The van der Waals surface area contributed by atoms with Crippen molar-refractivity contribution in [3.05, 3.63) is 60.6 Å². The van der Waals surface area contributed by atoms with Gasteiger partial charge in [0.25, 0.3) is 0 Å². The monoisotopic (exact) mass is 292 g/mol. The second kappa shape index (κ2) is 5.18. The van der Waals surface area contributed by atoms with Gasteiger partial charge in [-0.2, -0.15) is 0 Å². The van der Waals surface area contributed by atoms with Gasteiger partial charge in [-0.15, -0.1) is 0 Å². The average Bonchev–Trinajstić information content (AvgIpc) is 2.87. The van der Waals surface area contributed by atoms with Gasteiger partial charge in [-0.05, 0) is 24.3 Å². The summed E-state index contributed by atoms with van der Waals surface area (Å²) in [5.41, 5.74) is 3.98. The standard InChI is InChI=1S/C17H16N4O/c22-17-8-10-20(15-6-2-1-5-14(15)19-17)12-13-11-18-16-7-3-4-9-21(13)16/h1-7,9,11H,8,10,12H2,(H,19,22). The van der Waals surface area contributed by atoms with Gasteiger partial charge in [0.2, 0.25) is 5.91 Å². The number of para-hydroxylation sites is 2. The molecule has 3 heterocycles. The zero-order valence-corrected chi connectivity index (χ0v) is 12.1. The number of benzene rings is 1. The molecular weight excluding hydrogens is 276 g/mol. The van der Waals surface area contributed by atoms with Crippen molar-refractivity contribution in [2.75, 3.05) is 16.8 Å². The van der Waals surface area contributed by atoms with Crippen LogP contribution in [0.3, 0.4) is 0 Å². The normalized spacial score (nSPS) is 14.5. The number of hydrogen-bond acceptors (Lipinski definition) is 3. The average molecular weight is 292 g/mol. The minimum absolute atomic E-state index is 0.0630. The molecule has 1 aliphatic rings. The summed E-state index contributed by atoms with van der Waals surface area (Å²) in [5.74, 6) is 0.0630. The lowest BCUT2D eigenvalue weighted by Gasteiger charge is -2.23. The third-order valence-electron chi connectivity index (χ3n) is 3.97. The van der Waals surface area contributed by atoms with E-state index in [-0.39, 0.29) is 5.91 Å². The fraction of sp³-hybridized carbons (Fsp3) is 0.176. The Bertz CT molecular complexity index is 839. The number of aromatic nitrogens is 2. The van der Waals surface area contributed by atoms with Crippen LogP contribution in [-0.2, 0) is 11.3 Å².